The van der Waals surface area contributed by atoms with Crippen LogP contribution < -0.4 is 17.2 Å². The molecule has 0 radical (unpaired) electrons. The Hall–Kier alpha value is -5.86. The van der Waals surface area contributed by atoms with Crippen LogP contribution in [0.5, 0.6) is 0 Å². The molecule has 216 valence electrons. The summed E-state index contributed by atoms with van der Waals surface area (Å²) < 4.78 is 34.6. The highest BCUT2D eigenvalue weighted by Gasteiger charge is 2.25. The number of nitrogens with two attached hydrogens (primary N) is 3. The second kappa shape index (κ2) is 12.1. The number of rotatable bonds is 9. The van der Waals surface area contributed by atoms with Gasteiger partial charge in [-0.3, -0.25) is 15.0 Å². The molecular formula is C27H25F2N9O4. The van der Waals surface area contributed by atoms with Gasteiger partial charge in [0, 0.05) is 24.6 Å². The van der Waals surface area contributed by atoms with Crippen LogP contribution in [0.25, 0.3) is 16.9 Å². The van der Waals surface area contributed by atoms with Crippen LogP contribution in [-0.2, 0) is 17.7 Å². The lowest BCUT2D eigenvalue weighted by atomic mass is 10.1. The molecule has 0 atom stereocenters. The molecule has 0 aliphatic carbocycles. The minimum absolute atomic E-state index is 0.0353. The van der Waals surface area contributed by atoms with Gasteiger partial charge in [0.05, 0.1) is 36.0 Å². The number of carbonyl (C=O) groups excluding carboxylic acids is 1. The number of fused-ring (bicyclic) bond motifs is 1. The van der Waals surface area contributed by atoms with E-state index in [1.807, 2.05) is 0 Å². The van der Waals surface area contributed by atoms with Crippen LogP contribution in [0.15, 0.2) is 83.9 Å². The third-order valence-electron chi connectivity index (χ3n) is 6.04. The Kier molecular flexibility index (Phi) is 8.40. The molecule has 4 aromatic rings. The smallest absolute Gasteiger partial charge is 0.414 e. The molecule has 0 fully saturated rings. The Morgan fingerprint density at radius 3 is 2.48 bits per heavy atom. The monoisotopic (exact) mass is 577 g/mol. The zero-order chi connectivity index (χ0) is 30.6. The van der Waals surface area contributed by atoms with Crippen LogP contribution in [-0.4, -0.2) is 43.6 Å². The van der Waals surface area contributed by atoms with Gasteiger partial charge in [-0.25, -0.2) is 28.2 Å². The third-order valence-corrected chi connectivity index (χ3v) is 6.04. The number of carbonyl (C=O) groups is 1. The summed E-state index contributed by atoms with van der Waals surface area (Å²) >= 11 is 0. The lowest BCUT2D eigenvalue weighted by molar-refractivity contribution is -0.384. The quantitative estimate of drug-likeness (QED) is 0.116. The molecule has 2 heterocycles. The predicted molar refractivity (Wildman–Crippen MR) is 150 cm³/mol. The number of nitrogens with zero attached hydrogens (tertiary/aromatic N) is 6. The van der Waals surface area contributed by atoms with Crippen LogP contribution in [0.1, 0.15) is 16.8 Å². The molecule has 0 unspecified atom stereocenters. The van der Waals surface area contributed by atoms with Crippen LogP contribution in [0, 0.1) is 21.7 Å². The zero-order valence-corrected chi connectivity index (χ0v) is 22.2. The van der Waals surface area contributed by atoms with E-state index in [0.29, 0.717) is 16.8 Å². The van der Waals surface area contributed by atoms with Gasteiger partial charge in [0.1, 0.15) is 34.5 Å². The molecule has 15 heteroatoms. The zero-order valence-electron chi connectivity index (χ0n) is 22.2. The number of amidine groups is 1. The SMILES string of the molecule is C=C(N=C(N)C(=C(N)N)N(Cc1ccc([N+](=O)[O-])cc1)C(=O)OC)n1nc(Cc2ccccc2F)c2ncc(F)cc21. The van der Waals surface area contributed by atoms with Crippen molar-refractivity contribution in [3.63, 3.8) is 0 Å². The number of amides is 1. The van der Waals surface area contributed by atoms with Gasteiger partial charge in [-0.1, -0.05) is 36.9 Å². The number of aromatic nitrogens is 3. The molecule has 2 aromatic heterocycles. The van der Waals surface area contributed by atoms with Crippen molar-refractivity contribution in [2.24, 2.45) is 22.2 Å². The number of ether oxygens (including phenoxy) is 1. The van der Waals surface area contributed by atoms with Crippen molar-refractivity contribution < 1.29 is 23.2 Å². The molecule has 13 nitrogen and oxygen atoms in total. The van der Waals surface area contributed by atoms with Gasteiger partial charge in [0.25, 0.3) is 5.69 Å². The van der Waals surface area contributed by atoms with E-state index in [4.69, 9.17) is 21.9 Å². The normalized spacial score (nSPS) is 11.3. The first-order valence-corrected chi connectivity index (χ1v) is 12.1. The number of nitro groups is 1. The van der Waals surface area contributed by atoms with Crippen LogP contribution in [0.4, 0.5) is 19.3 Å². The number of methoxy groups -OCH3 is 1. The molecule has 0 saturated carbocycles. The maximum absolute atomic E-state index is 14.4. The highest BCUT2D eigenvalue weighted by Crippen LogP contribution is 2.25. The summed E-state index contributed by atoms with van der Waals surface area (Å²) in [6, 6.07) is 12.6. The molecule has 1 amide bonds. The van der Waals surface area contributed by atoms with Gasteiger partial charge >= 0.3 is 6.09 Å². The molecule has 42 heavy (non-hydrogen) atoms. The van der Waals surface area contributed by atoms with E-state index in [1.54, 1.807) is 18.2 Å². The molecule has 6 N–H and O–H groups in total. The fourth-order valence-electron chi connectivity index (χ4n) is 4.10. The average molecular weight is 578 g/mol. The van der Waals surface area contributed by atoms with Crippen molar-refractivity contribution >= 4 is 34.5 Å². The number of pyridine rings is 1. The third kappa shape index (κ3) is 6.14. The summed E-state index contributed by atoms with van der Waals surface area (Å²) in [6.07, 6.45) is 0.124. The molecule has 0 saturated heterocycles. The maximum atomic E-state index is 14.4. The highest BCUT2D eigenvalue weighted by atomic mass is 19.1. The standard InChI is InChI=1S/C27H25F2N9O4/c1-15(37-22-12-18(28)13-33-23(22)21(35-37)11-17-5-3-4-6-20(17)29)34-26(32)24(25(30)31)36(27(39)42-2)14-16-7-9-19(10-8-16)38(40)41/h3-10,12-13H,1,11,14,30-31H2,2H3,(H2,32,34). The lowest BCUT2D eigenvalue weighted by Gasteiger charge is -2.24. The van der Waals surface area contributed by atoms with Crippen molar-refractivity contribution in [3.8, 4) is 0 Å². The first-order valence-electron chi connectivity index (χ1n) is 12.1. The van der Waals surface area contributed by atoms with E-state index in [0.717, 1.165) is 29.0 Å². The van der Waals surface area contributed by atoms with Gasteiger partial charge in [-0.2, -0.15) is 5.10 Å². The molecule has 0 aliphatic rings. The first-order chi connectivity index (χ1) is 20.0. The lowest BCUT2D eigenvalue weighted by Crippen LogP contribution is -2.39. The molecule has 0 spiro atoms. The van der Waals surface area contributed by atoms with Gasteiger partial charge in [0.2, 0.25) is 0 Å². The van der Waals surface area contributed by atoms with E-state index in [1.165, 1.54) is 30.3 Å². The highest BCUT2D eigenvalue weighted by molar-refractivity contribution is 6.01. The number of nitro benzene ring substituents is 1. The molecule has 0 aliphatic heterocycles. The minimum Gasteiger partial charge on any atom is -0.452 e. The predicted octanol–water partition coefficient (Wildman–Crippen LogP) is 3.35. The number of halogens is 2. The van der Waals surface area contributed by atoms with Gasteiger partial charge in [-0.05, 0) is 17.2 Å². The number of hydrogen-bond donors (Lipinski definition) is 3. The second-order valence-corrected chi connectivity index (χ2v) is 8.84. The van der Waals surface area contributed by atoms with Gasteiger partial charge in [-0.15, -0.1) is 0 Å². The van der Waals surface area contributed by atoms with E-state index in [9.17, 15) is 23.7 Å². The Morgan fingerprint density at radius 1 is 1.17 bits per heavy atom. The molecule has 4 rings (SSSR count). The summed E-state index contributed by atoms with van der Waals surface area (Å²) in [5.74, 6) is -2.04. The largest absolute Gasteiger partial charge is 0.452 e. The van der Waals surface area contributed by atoms with E-state index >= 15 is 0 Å². The second-order valence-electron chi connectivity index (χ2n) is 8.84. The van der Waals surface area contributed by atoms with Crippen molar-refractivity contribution in [2.75, 3.05) is 7.11 Å². The van der Waals surface area contributed by atoms with Crippen molar-refractivity contribution in [3.05, 3.63) is 117 Å². The number of aliphatic imine (C=N–C) groups is 1. The average Bonchev–Trinajstić information content (AvgIpc) is 3.30. The van der Waals surface area contributed by atoms with Crippen LogP contribution in [0.2, 0.25) is 0 Å². The Bertz CT molecular complexity index is 1750. The number of benzene rings is 2. The fourth-order valence-corrected chi connectivity index (χ4v) is 4.10. The Balaban J connectivity index is 1.72. The maximum Gasteiger partial charge on any atom is 0.414 e. The van der Waals surface area contributed by atoms with E-state index in [-0.39, 0.29) is 47.0 Å². The van der Waals surface area contributed by atoms with E-state index in [2.05, 4.69) is 21.7 Å². The van der Waals surface area contributed by atoms with Crippen molar-refractivity contribution in [1.82, 2.24) is 19.7 Å². The van der Waals surface area contributed by atoms with Gasteiger partial charge in [0.15, 0.2) is 5.84 Å². The Labute approximate surface area is 237 Å². The van der Waals surface area contributed by atoms with Crippen LogP contribution in [0.3, 0.4) is 0 Å². The summed E-state index contributed by atoms with van der Waals surface area (Å²) in [6.45, 7) is 3.66. The van der Waals surface area contributed by atoms with Gasteiger partial charge < -0.3 is 21.9 Å². The minimum atomic E-state index is -0.913. The summed E-state index contributed by atoms with van der Waals surface area (Å²) in [5, 5.41) is 15.4. The molecular weight excluding hydrogens is 552 g/mol. The summed E-state index contributed by atoms with van der Waals surface area (Å²) in [5.41, 5.74) is 19.2. The first kappa shape index (κ1) is 29.1. The number of hydrogen-bond acceptors (Lipinski definition) is 9. The summed E-state index contributed by atoms with van der Waals surface area (Å²) in [4.78, 5) is 32.5. The molecule has 2 aromatic carbocycles. The summed E-state index contributed by atoms with van der Waals surface area (Å²) in [7, 11) is 1.12. The molecule has 0 bridgehead atoms. The number of non-ortho nitro benzene ring substituents is 1. The van der Waals surface area contributed by atoms with Crippen molar-refractivity contribution in [2.45, 2.75) is 13.0 Å². The van der Waals surface area contributed by atoms with Crippen LogP contribution >= 0.6 is 0 Å². The van der Waals surface area contributed by atoms with Crippen molar-refractivity contribution in [1.29, 1.82) is 0 Å². The topological polar surface area (TPSA) is 194 Å². The Morgan fingerprint density at radius 2 is 1.86 bits per heavy atom. The van der Waals surface area contributed by atoms with E-state index < -0.39 is 28.5 Å². The fraction of sp³-hybridized carbons (Fsp3) is 0.111.